The van der Waals surface area contributed by atoms with Crippen molar-refractivity contribution in [1.29, 1.82) is 0 Å². The van der Waals surface area contributed by atoms with Crippen molar-refractivity contribution in [3.05, 3.63) is 29.8 Å². The van der Waals surface area contributed by atoms with E-state index < -0.39 is 0 Å². The van der Waals surface area contributed by atoms with Gasteiger partial charge in [-0.15, -0.1) is 0 Å². The van der Waals surface area contributed by atoms with Crippen LogP contribution in [0.3, 0.4) is 0 Å². The molecule has 1 aromatic rings. The first-order valence-electron chi connectivity index (χ1n) is 2.81. The van der Waals surface area contributed by atoms with Crippen LogP contribution in [-0.4, -0.2) is 16.0 Å². The second kappa shape index (κ2) is 3.02. The molecule has 0 heterocycles. The van der Waals surface area contributed by atoms with E-state index in [0.717, 1.165) is 0 Å². The van der Waals surface area contributed by atoms with Gasteiger partial charge in [-0.25, -0.2) is 0 Å². The summed E-state index contributed by atoms with van der Waals surface area (Å²) in [6.07, 6.45) is 0. The molecule has 0 aliphatic heterocycles. The molecule has 48 valence electrons. The molecule has 0 atom stereocenters. The molecule has 0 aromatic heterocycles. The zero-order chi connectivity index (χ0) is 6.69. The summed E-state index contributed by atoms with van der Waals surface area (Å²) in [5.41, 5.74) is 6.58. The Morgan fingerprint density at radius 3 is 2.22 bits per heavy atom. The van der Waals surface area contributed by atoms with Gasteiger partial charge in [-0.2, -0.15) is 0 Å². The second-order valence-electron chi connectivity index (χ2n) is 1.87. The summed E-state index contributed by atoms with van der Waals surface area (Å²) in [4.78, 5) is 0. The summed E-state index contributed by atoms with van der Waals surface area (Å²) in [5, 5.41) is 0. The quantitative estimate of drug-likeness (QED) is 0.597. The van der Waals surface area contributed by atoms with Crippen molar-refractivity contribution < 1.29 is 0 Å². The van der Waals surface area contributed by atoms with E-state index in [2.05, 4.69) is 16.0 Å². The molecule has 2 N–H and O–H groups in total. The molecule has 0 aliphatic rings. The standard InChI is InChI=1S/C7H9NSe/c8-5-6-1-3-7(9)4-2-6/h1-4,9H,5,8H2. The molecule has 2 heteroatoms. The van der Waals surface area contributed by atoms with Gasteiger partial charge in [0.15, 0.2) is 0 Å². The van der Waals surface area contributed by atoms with E-state index in [1.807, 2.05) is 24.3 Å². The number of hydrogen-bond acceptors (Lipinski definition) is 1. The monoisotopic (exact) mass is 187 g/mol. The summed E-state index contributed by atoms with van der Waals surface area (Å²) >= 11 is 2.49. The molecule has 0 bridgehead atoms. The summed E-state index contributed by atoms with van der Waals surface area (Å²) in [7, 11) is 0. The van der Waals surface area contributed by atoms with E-state index in [9.17, 15) is 0 Å². The van der Waals surface area contributed by atoms with Crippen molar-refractivity contribution in [3.8, 4) is 0 Å². The number of rotatable bonds is 1. The minimum absolute atomic E-state index is 0.632. The van der Waals surface area contributed by atoms with E-state index in [4.69, 9.17) is 5.73 Å². The molecule has 0 saturated heterocycles. The first kappa shape index (κ1) is 6.81. The molecule has 0 fully saturated rings. The van der Waals surface area contributed by atoms with Crippen LogP contribution in [0.4, 0.5) is 0 Å². The van der Waals surface area contributed by atoms with E-state index in [1.54, 1.807) is 0 Å². The molecular formula is C7H9NSe. The van der Waals surface area contributed by atoms with Gasteiger partial charge in [0.25, 0.3) is 0 Å². The van der Waals surface area contributed by atoms with Gasteiger partial charge in [0.1, 0.15) is 0 Å². The molecule has 9 heavy (non-hydrogen) atoms. The van der Waals surface area contributed by atoms with E-state index in [-0.39, 0.29) is 0 Å². The third-order valence-electron chi connectivity index (χ3n) is 1.17. The average molecular weight is 186 g/mol. The maximum absolute atomic E-state index is 5.39. The van der Waals surface area contributed by atoms with Crippen LogP contribution in [0.15, 0.2) is 24.3 Å². The SMILES string of the molecule is NCc1ccc([SeH])cc1. The fourth-order valence-corrected chi connectivity index (χ4v) is 0.945. The number of hydrogen-bond donors (Lipinski definition) is 1. The molecule has 1 rings (SSSR count). The Morgan fingerprint density at radius 2 is 1.78 bits per heavy atom. The van der Waals surface area contributed by atoms with Crippen molar-refractivity contribution in [1.82, 2.24) is 0 Å². The third kappa shape index (κ3) is 1.83. The zero-order valence-electron chi connectivity index (χ0n) is 5.04. The van der Waals surface area contributed by atoms with Gasteiger partial charge >= 0.3 is 62.6 Å². The molecule has 0 amide bonds. The van der Waals surface area contributed by atoms with Crippen LogP contribution in [0.5, 0.6) is 0 Å². The third-order valence-corrected chi connectivity index (χ3v) is 1.80. The van der Waals surface area contributed by atoms with Gasteiger partial charge in [-0.1, -0.05) is 0 Å². The van der Waals surface area contributed by atoms with Crippen molar-refractivity contribution in [2.75, 3.05) is 0 Å². The predicted molar refractivity (Wildman–Crippen MR) is 41.1 cm³/mol. The molecule has 0 radical (unpaired) electrons. The van der Waals surface area contributed by atoms with E-state index in [0.29, 0.717) is 6.54 Å². The first-order valence-corrected chi connectivity index (χ1v) is 3.75. The Kier molecular flexibility index (Phi) is 2.29. The van der Waals surface area contributed by atoms with E-state index in [1.165, 1.54) is 10.0 Å². The normalized spacial score (nSPS) is 9.56. The minimum atomic E-state index is 0.632. The fraction of sp³-hybridized carbons (Fsp3) is 0.143. The topological polar surface area (TPSA) is 26.0 Å². The maximum atomic E-state index is 5.39. The molecular weight excluding hydrogens is 177 g/mol. The number of benzene rings is 1. The van der Waals surface area contributed by atoms with Gasteiger partial charge in [0, 0.05) is 0 Å². The van der Waals surface area contributed by atoms with Gasteiger partial charge in [-0.05, 0) is 0 Å². The van der Waals surface area contributed by atoms with Crippen LogP contribution in [0.25, 0.3) is 0 Å². The van der Waals surface area contributed by atoms with Gasteiger partial charge in [-0.3, -0.25) is 0 Å². The van der Waals surface area contributed by atoms with Crippen LogP contribution >= 0.6 is 0 Å². The molecule has 1 aromatic carbocycles. The Morgan fingerprint density at radius 1 is 1.22 bits per heavy atom. The van der Waals surface area contributed by atoms with Crippen LogP contribution in [0, 0.1) is 0 Å². The molecule has 0 spiro atoms. The van der Waals surface area contributed by atoms with Crippen LogP contribution in [0.1, 0.15) is 5.56 Å². The van der Waals surface area contributed by atoms with Gasteiger partial charge in [0.2, 0.25) is 0 Å². The summed E-state index contributed by atoms with van der Waals surface area (Å²) in [6.45, 7) is 0.632. The predicted octanol–water partition coefficient (Wildman–Crippen LogP) is -0.329. The first-order chi connectivity index (χ1) is 4.33. The Hall–Kier alpha value is -0.301. The van der Waals surface area contributed by atoms with Crippen LogP contribution in [0.2, 0.25) is 0 Å². The summed E-state index contributed by atoms with van der Waals surface area (Å²) in [5.74, 6) is 0. The van der Waals surface area contributed by atoms with Gasteiger partial charge in [0.05, 0.1) is 0 Å². The Balaban J connectivity index is 2.88. The van der Waals surface area contributed by atoms with Crippen molar-refractivity contribution in [2.24, 2.45) is 5.73 Å². The average Bonchev–Trinajstić information content (AvgIpc) is 1.90. The molecule has 0 unspecified atom stereocenters. The zero-order valence-corrected chi connectivity index (χ0v) is 6.92. The van der Waals surface area contributed by atoms with Gasteiger partial charge < -0.3 is 0 Å². The molecule has 0 aliphatic carbocycles. The van der Waals surface area contributed by atoms with Crippen molar-refractivity contribution in [3.63, 3.8) is 0 Å². The second-order valence-corrected chi connectivity index (χ2v) is 2.95. The Bertz CT molecular complexity index is 181. The molecule has 0 saturated carbocycles. The fourth-order valence-electron chi connectivity index (χ4n) is 0.632. The van der Waals surface area contributed by atoms with Crippen LogP contribution in [-0.2, 0) is 6.54 Å². The van der Waals surface area contributed by atoms with Crippen molar-refractivity contribution >= 4 is 20.5 Å². The Labute approximate surface area is 63.1 Å². The van der Waals surface area contributed by atoms with Crippen LogP contribution < -0.4 is 10.2 Å². The molecule has 1 nitrogen and oxygen atoms in total. The summed E-state index contributed by atoms with van der Waals surface area (Å²) in [6, 6.07) is 8.16. The number of nitrogens with two attached hydrogens (primary N) is 1. The van der Waals surface area contributed by atoms with E-state index >= 15 is 0 Å². The summed E-state index contributed by atoms with van der Waals surface area (Å²) < 4.78 is 1.22. The van der Waals surface area contributed by atoms with Crippen molar-refractivity contribution in [2.45, 2.75) is 6.54 Å².